The van der Waals surface area contributed by atoms with Gasteiger partial charge in [-0.25, -0.2) is 0 Å². The molecular weight excluding hydrogens is 268 g/mol. The van der Waals surface area contributed by atoms with E-state index in [2.05, 4.69) is 55.4 Å². The molecule has 2 N–H and O–H groups in total. The topological polar surface area (TPSA) is 29.3 Å². The fourth-order valence-corrected chi connectivity index (χ4v) is 3.63. The third-order valence-corrected chi connectivity index (χ3v) is 4.74. The van der Waals surface area contributed by atoms with Crippen LogP contribution in [0.4, 0.5) is 5.69 Å². The summed E-state index contributed by atoms with van der Waals surface area (Å²) in [5, 5.41) is 0. The van der Waals surface area contributed by atoms with E-state index in [9.17, 15) is 0 Å². The van der Waals surface area contributed by atoms with Gasteiger partial charge in [-0.15, -0.1) is 0 Å². The number of rotatable bonds is 4. The number of aryl methyl sites for hydroxylation is 2. The second-order valence-corrected chi connectivity index (χ2v) is 6.66. The van der Waals surface area contributed by atoms with Crippen molar-refractivity contribution in [3.05, 3.63) is 64.7 Å². The van der Waals surface area contributed by atoms with E-state index in [0.717, 1.165) is 25.1 Å². The summed E-state index contributed by atoms with van der Waals surface area (Å²) in [6, 6.07) is 15.4. The lowest BCUT2D eigenvalue weighted by Gasteiger charge is -2.22. The van der Waals surface area contributed by atoms with Crippen molar-refractivity contribution in [2.75, 3.05) is 26.4 Å². The first kappa shape index (κ1) is 15.1. The highest BCUT2D eigenvalue weighted by atomic mass is 15.0. The van der Waals surface area contributed by atoms with Gasteiger partial charge in [0.1, 0.15) is 0 Å². The van der Waals surface area contributed by atoms with Crippen molar-refractivity contribution in [1.29, 1.82) is 0 Å². The lowest BCUT2D eigenvalue weighted by Crippen LogP contribution is -2.14. The summed E-state index contributed by atoms with van der Waals surface area (Å²) in [4.78, 5) is 2.27. The predicted octanol–water partition coefficient (Wildman–Crippen LogP) is 3.84. The number of benzene rings is 2. The van der Waals surface area contributed by atoms with Crippen LogP contribution < -0.4 is 5.73 Å². The molecule has 2 aromatic rings. The minimum absolute atomic E-state index is 0.483. The van der Waals surface area contributed by atoms with E-state index < -0.39 is 0 Å². The van der Waals surface area contributed by atoms with E-state index in [1.807, 2.05) is 6.07 Å². The van der Waals surface area contributed by atoms with Crippen LogP contribution in [0.3, 0.4) is 0 Å². The number of nitrogens with zero attached hydrogens (tertiary/aromatic N) is 1. The summed E-state index contributed by atoms with van der Waals surface area (Å²) in [7, 11) is 4.29. The molecule has 1 aliphatic carbocycles. The van der Waals surface area contributed by atoms with Gasteiger partial charge in [0.05, 0.1) is 0 Å². The van der Waals surface area contributed by atoms with Crippen LogP contribution >= 0.6 is 0 Å². The Morgan fingerprint density at radius 3 is 2.50 bits per heavy atom. The van der Waals surface area contributed by atoms with Crippen LogP contribution in [0.2, 0.25) is 0 Å². The number of hydrogen-bond donors (Lipinski definition) is 1. The van der Waals surface area contributed by atoms with Gasteiger partial charge in [0.25, 0.3) is 0 Å². The molecule has 1 aliphatic rings. The molecule has 1 unspecified atom stereocenters. The third kappa shape index (κ3) is 3.17. The SMILES string of the molecule is CN(C)CCCC1c2ccccc2CCc2ccc(N)cc21. The molecule has 2 nitrogen and oxygen atoms in total. The fourth-order valence-electron chi connectivity index (χ4n) is 3.63. The summed E-state index contributed by atoms with van der Waals surface area (Å²) < 4.78 is 0. The molecule has 2 heteroatoms. The van der Waals surface area contributed by atoms with E-state index in [0.29, 0.717) is 5.92 Å². The molecule has 0 aliphatic heterocycles. The van der Waals surface area contributed by atoms with Gasteiger partial charge in [-0.05, 0) is 80.7 Å². The number of nitrogens with two attached hydrogens (primary N) is 1. The third-order valence-electron chi connectivity index (χ3n) is 4.74. The second kappa shape index (κ2) is 6.53. The lowest BCUT2D eigenvalue weighted by atomic mass is 9.84. The normalized spacial score (nSPS) is 17.0. The molecule has 0 fully saturated rings. The van der Waals surface area contributed by atoms with E-state index >= 15 is 0 Å². The first-order chi connectivity index (χ1) is 10.6. The van der Waals surface area contributed by atoms with Crippen LogP contribution in [-0.2, 0) is 12.8 Å². The summed E-state index contributed by atoms with van der Waals surface area (Å²) in [6.07, 6.45) is 4.65. The van der Waals surface area contributed by atoms with Crippen molar-refractivity contribution in [2.45, 2.75) is 31.6 Å². The van der Waals surface area contributed by atoms with Crippen molar-refractivity contribution >= 4 is 5.69 Å². The zero-order valence-corrected chi connectivity index (χ0v) is 13.7. The molecule has 0 aromatic heterocycles. The van der Waals surface area contributed by atoms with Crippen LogP contribution in [-0.4, -0.2) is 25.5 Å². The number of hydrogen-bond acceptors (Lipinski definition) is 2. The molecule has 0 saturated carbocycles. The zero-order valence-electron chi connectivity index (χ0n) is 13.7. The van der Waals surface area contributed by atoms with Gasteiger partial charge in [0.15, 0.2) is 0 Å². The maximum atomic E-state index is 6.08. The second-order valence-electron chi connectivity index (χ2n) is 6.66. The summed E-state index contributed by atoms with van der Waals surface area (Å²) >= 11 is 0. The first-order valence-corrected chi connectivity index (χ1v) is 8.26. The largest absolute Gasteiger partial charge is 0.399 e. The Morgan fingerprint density at radius 1 is 1.00 bits per heavy atom. The molecule has 22 heavy (non-hydrogen) atoms. The van der Waals surface area contributed by atoms with Crippen LogP contribution in [0.5, 0.6) is 0 Å². The number of fused-ring (bicyclic) bond motifs is 2. The molecule has 116 valence electrons. The Bertz CT molecular complexity index is 646. The number of anilines is 1. The summed E-state index contributed by atoms with van der Waals surface area (Å²) in [5.41, 5.74) is 12.9. The van der Waals surface area contributed by atoms with E-state index in [4.69, 9.17) is 5.73 Å². The maximum absolute atomic E-state index is 6.08. The molecule has 0 bridgehead atoms. The Morgan fingerprint density at radius 2 is 1.73 bits per heavy atom. The van der Waals surface area contributed by atoms with Crippen LogP contribution in [0, 0.1) is 0 Å². The molecule has 0 amide bonds. The highest BCUT2D eigenvalue weighted by molar-refractivity contribution is 5.51. The average molecular weight is 294 g/mol. The minimum Gasteiger partial charge on any atom is -0.399 e. The Balaban J connectivity index is 1.98. The van der Waals surface area contributed by atoms with Crippen molar-refractivity contribution in [3.63, 3.8) is 0 Å². The van der Waals surface area contributed by atoms with Gasteiger partial charge in [-0.3, -0.25) is 0 Å². The molecule has 0 spiro atoms. The molecule has 0 radical (unpaired) electrons. The van der Waals surface area contributed by atoms with Gasteiger partial charge in [0, 0.05) is 11.6 Å². The average Bonchev–Trinajstić information content (AvgIpc) is 2.65. The van der Waals surface area contributed by atoms with Gasteiger partial charge in [-0.2, -0.15) is 0 Å². The molecule has 3 rings (SSSR count). The van der Waals surface area contributed by atoms with E-state index in [1.165, 1.54) is 35.1 Å². The van der Waals surface area contributed by atoms with Gasteiger partial charge in [0.2, 0.25) is 0 Å². The Labute approximate surface area is 134 Å². The molecule has 2 aromatic carbocycles. The summed E-state index contributed by atoms with van der Waals surface area (Å²) in [6.45, 7) is 1.14. The minimum atomic E-state index is 0.483. The Kier molecular flexibility index (Phi) is 4.49. The van der Waals surface area contributed by atoms with Gasteiger partial charge >= 0.3 is 0 Å². The van der Waals surface area contributed by atoms with Gasteiger partial charge in [-0.1, -0.05) is 30.3 Å². The molecule has 0 heterocycles. The molecule has 0 saturated heterocycles. The van der Waals surface area contributed by atoms with E-state index in [1.54, 1.807) is 0 Å². The molecular formula is C20H26N2. The number of nitrogen functional groups attached to an aromatic ring is 1. The fraction of sp³-hybridized carbons (Fsp3) is 0.400. The maximum Gasteiger partial charge on any atom is 0.0317 e. The monoisotopic (exact) mass is 294 g/mol. The summed E-state index contributed by atoms with van der Waals surface area (Å²) in [5.74, 6) is 0.483. The molecule has 1 atom stereocenters. The zero-order chi connectivity index (χ0) is 15.5. The van der Waals surface area contributed by atoms with Gasteiger partial charge < -0.3 is 10.6 Å². The van der Waals surface area contributed by atoms with Crippen LogP contribution in [0.25, 0.3) is 0 Å². The highest BCUT2D eigenvalue weighted by Crippen LogP contribution is 2.38. The van der Waals surface area contributed by atoms with Crippen molar-refractivity contribution in [1.82, 2.24) is 4.90 Å². The van der Waals surface area contributed by atoms with Crippen molar-refractivity contribution in [2.24, 2.45) is 0 Å². The van der Waals surface area contributed by atoms with Crippen molar-refractivity contribution < 1.29 is 0 Å². The highest BCUT2D eigenvalue weighted by Gasteiger charge is 2.23. The Hall–Kier alpha value is -1.80. The predicted molar refractivity (Wildman–Crippen MR) is 94.3 cm³/mol. The van der Waals surface area contributed by atoms with Crippen LogP contribution in [0.15, 0.2) is 42.5 Å². The van der Waals surface area contributed by atoms with Crippen LogP contribution in [0.1, 0.15) is 41.0 Å². The van der Waals surface area contributed by atoms with Crippen molar-refractivity contribution in [3.8, 4) is 0 Å². The standard InChI is InChI=1S/C20H26N2/c1-22(2)13-5-8-19-18-7-4-3-6-15(18)9-10-16-11-12-17(21)14-20(16)19/h3-4,6-7,11-12,14,19H,5,8-10,13,21H2,1-2H3. The lowest BCUT2D eigenvalue weighted by molar-refractivity contribution is 0.389. The first-order valence-electron chi connectivity index (χ1n) is 8.26. The quantitative estimate of drug-likeness (QED) is 0.868. The van der Waals surface area contributed by atoms with E-state index in [-0.39, 0.29) is 0 Å². The smallest absolute Gasteiger partial charge is 0.0317 e.